The van der Waals surface area contributed by atoms with Crippen LogP contribution >= 0.6 is 0 Å². The van der Waals surface area contributed by atoms with E-state index in [2.05, 4.69) is 5.32 Å². The molecule has 1 aromatic rings. The fraction of sp³-hybridized carbons (Fsp3) is 0.273. The van der Waals surface area contributed by atoms with Gasteiger partial charge in [-0.3, -0.25) is 9.59 Å². The number of carboxylic acids is 1. The van der Waals surface area contributed by atoms with Crippen LogP contribution in [-0.4, -0.2) is 31.4 Å². The molecule has 1 unspecified atom stereocenters. The van der Waals surface area contributed by atoms with Crippen LogP contribution < -0.4 is 10.0 Å². The van der Waals surface area contributed by atoms with E-state index in [-0.39, 0.29) is 10.6 Å². The van der Waals surface area contributed by atoms with Crippen molar-refractivity contribution in [2.45, 2.75) is 24.8 Å². The SMILES string of the molecule is CC(=O)Nc1cc(S(=O)(=O)NC(C)C(=O)O)ccc1F. The molecule has 1 aromatic carbocycles. The van der Waals surface area contributed by atoms with Crippen LogP contribution in [0.5, 0.6) is 0 Å². The Morgan fingerprint density at radius 1 is 1.35 bits per heavy atom. The fourth-order valence-electron chi connectivity index (χ4n) is 1.31. The first-order valence-corrected chi connectivity index (χ1v) is 6.94. The topological polar surface area (TPSA) is 113 Å². The van der Waals surface area contributed by atoms with Gasteiger partial charge in [0.25, 0.3) is 0 Å². The number of aliphatic carboxylic acids is 1. The summed E-state index contributed by atoms with van der Waals surface area (Å²) in [7, 11) is -4.13. The molecule has 0 aliphatic heterocycles. The average molecular weight is 304 g/mol. The lowest BCUT2D eigenvalue weighted by molar-refractivity contribution is -0.138. The number of amides is 1. The first-order valence-electron chi connectivity index (χ1n) is 5.46. The molecule has 0 aromatic heterocycles. The molecule has 20 heavy (non-hydrogen) atoms. The van der Waals surface area contributed by atoms with Crippen molar-refractivity contribution in [3.05, 3.63) is 24.0 Å². The monoisotopic (exact) mass is 304 g/mol. The molecule has 0 heterocycles. The van der Waals surface area contributed by atoms with Gasteiger partial charge >= 0.3 is 5.97 Å². The quantitative estimate of drug-likeness (QED) is 0.734. The Hall–Kier alpha value is -2.00. The molecule has 0 aliphatic rings. The average Bonchev–Trinajstić information content (AvgIpc) is 2.30. The van der Waals surface area contributed by atoms with Crippen LogP contribution in [0.25, 0.3) is 0 Å². The number of sulfonamides is 1. The normalized spacial score (nSPS) is 12.8. The molecule has 0 saturated carbocycles. The van der Waals surface area contributed by atoms with Gasteiger partial charge in [0.15, 0.2) is 0 Å². The first-order chi connectivity index (χ1) is 9.13. The Labute approximate surface area is 114 Å². The Bertz CT molecular complexity index is 644. The van der Waals surface area contributed by atoms with Gasteiger partial charge < -0.3 is 10.4 Å². The molecule has 0 aliphatic carbocycles. The van der Waals surface area contributed by atoms with Gasteiger partial charge in [0.1, 0.15) is 11.9 Å². The number of halogens is 1. The number of rotatable bonds is 5. The lowest BCUT2D eigenvalue weighted by atomic mass is 10.3. The summed E-state index contributed by atoms with van der Waals surface area (Å²) in [6.07, 6.45) is 0. The van der Waals surface area contributed by atoms with Crippen molar-refractivity contribution < 1.29 is 27.5 Å². The predicted octanol–water partition coefficient (Wildman–Crippen LogP) is 0.535. The summed E-state index contributed by atoms with van der Waals surface area (Å²) in [6, 6.07) is 1.41. The van der Waals surface area contributed by atoms with Crippen LogP contribution in [0.4, 0.5) is 10.1 Å². The number of anilines is 1. The highest BCUT2D eigenvalue weighted by Gasteiger charge is 2.22. The van der Waals surface area contributed by atoms with Gasteiger partial charge in [-0.25, -0.2) is 12.8 Å². The Balaban J connectivity index is 3.13. The third-order valence-corrected chi connectivity index (χ3v) is 3.80. The lowest BCUT2D eigenvalue weighted by Crippen LogP contribution is -2.38. The number of carbonyl (C=O) groups excluding carboxylic acids is 1. The van der Waals surface area contributed by atoms with Crippen molar-refractivity contribution in [1.29, 1.82) is 0 Å². The zero-order valence-electron chi connectivity index (χ0n) is 10.7. The zero-order chi connectivity index (χ0) is 15.5. The van der Waals surface area contributed by atoms with E-state index in [1.807, 2.05) is 4.72 Å². The largest absolute Gasteiger partial charge is 0.480 e. The minimum absolute atomic E-state index is 0.302. The third kappa shape index (κ3) is 4.00. The Morgan fingerprint density at radius 2 is 1.95 bits per heavy atom. The van der Waals surface area contributed by atoms with Crippen molar-refractivity contribution in [3.8, 4) is 0 Å². The zero-order valence-corrected chi connectivity index (χ0v) is 11.5. The fourth-order valence-corrected chi connectivity index (χ4v) is 2.53. The van der Waals surface area contributed by atoms with Crippen molar-refractivity contribution in [2.24, 2.45) is 0 Å². The van der Waals surface area contributed by atoms with Gasteiger partial charge in [-0.15, -0.1) is 0 Å². The molecule has 9 heteroatoms. The number of hydrogen-bond donors (Lipinski definition) is 3. The summed E-state index contributed by atoms with van der Waals surface area (Å²) in [6.45, 7) is 2.30. The summed E-state index contributed by atoms with van der Waals surface area (Å²) >= 11 is 0. The number of carboxylic acid groups (broad SMARTS) is 1. The highest BCUT2D eigenvalue weighted by molar-refractivity contribution is 7.89. The van der Waals surface area contributed by atoms with E-state index in [0.717, 1.165) is 32.0 Å². The third-order valence-electron chi connectivity index (χ3n) is 2.26. The van der Waals surface area contributed by atoms with Gasteiger partial charge in [0.05, 0.1) is 10.6 Å². The molecule has 7 nitrogen and oxygen atoms in total. The molecule has 0 spiro atoms. The summed E-state index contributed by atoms with van der Waals surface area (Å²) in [4.78, 5) is 21.2. The summed E-state index contributed by atoms with van der Waals surface area (Å²) < 4.78 is 39.1. The highest BCUT2D eigenvalue weighted by atomic mass is 32.2. The van der Waals surface area contributed by atoms with Gasteiger partial charge in [0, 0.05) is 6.92 Å². The van der Waals surface area contributed by atoms with Crippen molar-refractivity contribution in [1.82, 2.24) is 4.72 Å². The van der Waals surface area contributed by atoms with E-state index in [0.29, 0.717) is 0 Å². The maximum Gasteiger partial charge on any atom is 0.321 e. The van der Waals surface area contributed by atoms with Crippen LogP contribution in [-0.2, 0) is 19.6 Å². The van der Waals surface area contributed by atoms with E-state index >= 15 is 0 Å². The highest BCUT2D eigenvalue weighted by Crippen LogP contribution is 2.19. The molecule has 0 bridgehead atoms. The van der Waals surface area contributed by atoms with E-state index in [9.17, 15) is 22.4 Å². The van der Waals surface area contributed by atoms with Crippen molar-refractivity contribution >= 4 is 27.6 Å². The number of hydrogen-bond acceptors (Lipinski definition) is 4. The van der Waals surface area contributed by atoms with Crippen LogP contribution in [0.2, 0.25) is 0 Å². The van der Waals surface area contributed by atoms with Crippen LogP contribution in [0.3, 0.4) is 0 Å². The van der Waals surface area contributed by atoms with Gasteiger partial charge in [-0.05, 0) is 25.1 Å². The van der Waals surface area contributed by atoms with E-state index in [1.165, 1.54) is 0 Å². The number of benzene rings is 1. The molecule has 0 saturated heterocycles. The standard InChI is InChI=1S/C11H13FN2O5S/c1-6(11(16)17)14-20(18,19)8-3-4-9(12)10(5-8)13-7(2)15/h3-6,14H,1-2H3,(H,13,15)(H,16,17). The molecule has 1 amide bonds. The smallest absolute Gasteiger partial charge is 0.321 e. The predicted molar refractivity (Wildman–Crippen MR) is 68.1 cm³/mol. The molecular weight excluding hydrogens is 291 g/mol. The minimum atomic E-state index is -4.13. The molecule has 0 radical (unpaired) electrons. The molecule has 0 fully saturated rings. The van der Waals surface area contributed by atoms with Gasteiger partial charge in [-0.1, -0.05) is 0 Å². The summed E-state index contributed by atoms with van der Waals surface area (Å²) in [5, 5.41) is 10.8. The second-order valence-corrected chi connectivity index (χ2v) is 5.72. The Morgan fingerprint density at radius 3 is 2.45 bits per heavy atom. The van der Waals surface area contributed by atoms with Crippen LogP contribution in [0, 0.1) is 5.82 Å². The second-order valence-electron chi connectivity index (χ2n) is 4.00. The van der Waals surface area contributed by atoms with Gasteiger partial charge in [0.2, 0.25) is 15.9 Å². The first kappa shape index (κ1) is 16.1. The molecule has 3 N–H and O–H groups in total. The lowest BCUT2D eigenvalue weighted by Gasteiger charge is -2.11. The van der Waals surface area contributed by atoms with Crippen molar-refractivity contribution in [3.63, 3.8) is 0 Å². The molecule has 1 atom stereocenters. The van der Waals surface area contributed by atoms with Gasteiger partial charge in [-0.2, -0.15) is 4.72 Å². The second kappa shape index (κ2) is 5.97. The molecule has 1 rings (SSSR count). The van der Waals surface area contributed by atoms with E-state index in [4.69, 9.17) is 5.11 Å². The van der Waals surface area contributed by atoms with Crippen molar-refractivity contribution in [2.75, 3.05) is 5.32 Å². The number of carbonyl (C=O) groups is 2. The maximum absolute atomic E-state index is 13.4. The summed E-state index contributed by atoms with van der Waals surface area (Å²) in [5.74, 6) is -2.71. The summed E-state index contributed by atoms with van der Waals surface area (Å²) in [5.41, 5.74) is -0.302. The maximum atomic E-state index is 13.4. The molecular formula is C11H13FN2O5S. The number of nitrogens with one attached hydrogen (secondary N) is 2. The van der Waals surface area contributed by atoms with E-state index < -0.39 is 33.8 Å². The minimum Gasteiger partial charge on any atom is -0.480 e. The molecule has 110 valence electrons. The van der Waals surface area contributed by atoms with E-state index in [1.54, 1.807) is 0 Å². The van der Waals surface area contributed by atoms with Crippen LogP contribution in [0.15, 0.2) is 23.1 Å². The Kier molecular flexibility index (Phi) is 4.79. The van der Waals surface area contributed by atoms with Crippen LogP contribution in [0.1, 0.15) is 13.8 Å².